The number of benzene rings is 1. The lowest BCUT2D eigenvalue weighted by molar-refractivity contribution is 0.102. The van der Waals surface area contributed by atoms with Gasteiger partial charge in [0.25, 0.3) is 5.91 Å². The van der Waals surface area contributed by atoms with Crippen LogP contribution in [0, 0.1) is 0 Å². The van der Waals surface area contributed by atoms with E-state index in [1.165, 1.54) is 11.8 Å². The van der Waals surface area contributed by atoms with E-state index in [0.717, 1.165) is 12.2 Å². The minimum Gasteiger partial charge on any atom is -0.471 e. The molecule has 0 aliphatic rings. The summed E-state index contributed by atoms with van der Waals surface area (Å²) in [6.07, 6.45) is 7.47. The smallest absolute Gasteiger partial charge is 0.258 e. The number of ether oxygens (including phenoxy) is 1. The number of carbonyl (C=O) groups excluding carboxylic acids is 1. The lowest BCUT2D eigenvalue weighted by Crippen LogP contribution is -2.10. The number of hydrogen-bond donors (Lipinski definition) is 1. The van der Waals surface area contributed by atoms with Gasteiger partial charge < -0.3 is 10.1 Å². The van der Waals surface area contributed by atoms with E-state index in [4.69, 9.17) is 4.74 Å². The molecule has 0 aliphatic heterocycles. The Morgan fingerprint density at radius 1 is 1.17 bits per heavy atom. The Bertz CT molecular complexity index is 820. The molecule has 1 N–H and O–H groups in total. The van der Waals surface area contributed by atoms with Gasteiger partial charge >= 0.3 is 0 Å². The van der Waals surface area contributed by atoms with Crippen LogP contribution in [0.5, 0.6) is 5.75 Å². The van der Waals surface area contributed by atoms with Crippen LogP contribution in [0.15, 0.2) is 49.1 Å². The van der Waals surface area contributed by atoms with Gasteiger partial charge in [-0.05, 0) is 24.1 Å². The molecular weight excluding hydrogens is 306 g/mol. The maximum absolute atomic E-state index is 12.0. The summed E-state index contributed by atoms with van der Waals surface area (Å²) in [5.74, 6) is 0.558. The molecule has 3 rings (SSSR count). The molecule has 0 atom stereocenters. The van der Waals surface area contributed by atoms with E-state index in [-0.39, 0.29) is 12.6 Å². The molecule has 1 aromatic carbocycles. The van der Waals surface area contributed by atoms with E-state index in [1.54, 1.807) is 35.0 Å². The molecule has 0 saturated carbocycles. The molecule has 124 valence electrons. The van der Waals surface area contributed by atoms with Crippen LogP contribution in [0.25, 0.3) is 0 Å². The average Bonchev–Trinajstić information content (AvgIpc) is 3.22. The molecule has 7 heteroatoms. The van der Waals surface area contributed by atoms with Crippen LogP contribution in [0.4, 0.5) is 5.69 Å². The van der Waals surface area contributed by atoms with Crippen molar-refractivity contribution in [1.82, 2.24) is 19.6 Å². The second-order valence-corrected chi connectivity index (χ2v) is 5.40. The Labute approximate surface area is 139 Å². The third-order valence-corrected chi connectivity index (χ3v) is 3.55. The van der Waals surface area contributed by atoms with Crippen LogP contribution < -0.4 is 10.1 Å². The van der Waals surface area contributed by atoms with Crippen molar-refractivity contribution in [2.45, 2.75) is 20.1 Å². The Morgan fingerprint density at radius 3 is 2.62 bits per heavy atom. The first-order chi connectivity index (χ1) is 11.6. The minimum absolute atomic E-state index is 0.223. The molecule has 0 bridgehead atoms. The second kappa shape index (κ2) is 6.99. The first-order valence-corrected chi connectivity index (χ1v) is 7.68. The van der Waals surface area contributed by atoms with Crippen LogP contribution in [-0.4, -0.2) is 25.5 Å². The van der Waals surface area contributed by atoms with Gasteiger partial charge in [-0.2, -0.15) is 10.2 Å². The highest BCUT2D eigenvalue weighted by Crippen LogP contribution is 2.14. The van der Waals surface area contributed by atoms with Crippen molar-refractivity contribution >= 4 is 11.6 Å². The van der Waals surface area contributed by atoms with Gasteiger partial charge in [-0.15, -0.1) is 0 Å². The number of nitrogens with one attached hydrogen (secondary N) is 1. The zero-order valence-electron chi connectivity index (χ0n) is 13.6. The molecule has 0 saturated heterocycles. The monoisotopic (exact) mass is 325 g/mol. The van der Waals surface area contributed by atoms with Crippen molar-refractivity contribution < 1.29 is 9.53 Å². The fraction of sp³-hybridized carbons (Fsp3) is 0.235. The maximum atomic E-state index is 12.0. The molecule has 0 radical (unpaired) electrons. The van der Waals surface area contributed by atoms with E-state index in [9.17, 15) is 4.79 Å². The van der Waals surface area contributed by atoms with Gasteiger partial charge in [-0.3, -0.25) is 9.48 Å². The standard InChI is InChI=1S/C17H19N5O2/c1-3-13-4-6-16(7-5-13)24-12-22-11-15(9-19-22)20-17(23)14-8-18-21(2)10-14/h4-11H,3,12H2,1-2H3,(H,20,23). The second-order valence-electron chi connectivity index (χ2n) is 5.40. The van der Waals surface area contributed by atoms with Crippen molar-refractivity contribution in [3.63, 3.8) is 0 Å². The Hall–Kier alpha value is -3.09. The predicted octanol–water partition coefficient (Wildman–Crippen LogP) is 2.47. The van der Waals surface area contributed by atoms with Crippen molar-refractivity contribution in [3.8, 4) is 5.75 Å². The van der Waals surface area contributed by atoms with Gasteiger partial charge in [-0.25, -0.2) is 4.68 Å². The quantitative estimate of drug-likeness (QED) is 0.755. The largest absolute Gasteiger partial charge is 0.471 e. The number of nitrogens with zero attached hydrogens (tertiary/aromatic N) is 4. The molecule has 24 heavy (non-hydrogen) atoms. The molecular formula is C17H19N5O2. The Balaban J connectivity index is 1.56. The molecule has 0 spiro atoms. The lowest BCUT2D eigenvalue weighted by Gasteiger charge is -2.06. The van der Waals surface area contributed by atoms with Gasteiger partial charge in [-0.1, -0.05) is 19.1 Å². The Kier molecular flexibility index (Phi) is 4.60. The van der Waals surface area contributed by atoms with Gasteiger partial charge in [0.1, 0.15) is 5.75 Å². The topological polar surface area (TPSA) is 74.0 Å². The molecule has 3 aromatic rings. The van der Waals surface area contributed by atoms with Gasteiger partial charge in [0.2, 0.25) is 0 Å². The molecule has 7 nitrogen and oxygen atoms in total. The van der Waals surface area contributed by atoms with Crippen LogP contribution in [0.3, 0.4) is 0 Å². The van der Waals surface area contributed by atoms with Crippen molar-refractivity contribution in [3.05, 3.63) is 60.2 Å². The summed E-state index contributed by atoms with van der Waals surface area (Å²) in [4.78, 5) is 12.0. The highest BCUT2D eigenvalue weighted by atomic mass is 16.5. The van der Waals surface area contributed by atoms with E-state index in [1.807, 2.05) is 24.3 Å². The number of aromatic nitrogens is 4. The summed E-state index contributed by atoms with van der Waals surface area (Å²) < 4.78 is 8.87. The highest BCUT2D eigenvalue weighted by molar-refractivity contribution is 6.03. The first-order valence-electron chi connectivity index (χ1n) is 7.68. The van der Waals surface area contributed by atoms with Crippen molar-refractivity contribution in [1.29, 1.82) is 0 Å². The summed E-state index contributed by atoms with van der Waals surface area (Å²) in [5, 5.41) is 10.9. The molecule has 2 heterocycles. The summed E-state index contributed by atoms with van der Waals surface area (Å²) >= 11 is 0. The summed E-state index contributed by atoms with van der Waals surface area (Å²) in [7, 11) is 1.76. The normalized spacial score (nSPS) is 10.6. The summed E-state index contributed by atoms with van der Waals surface area (Å²) in [6, 6.07) is 7.96. The molecule has 0 fully saturated rings. The molecule has 0 aliphatic carbocycles. The number of carbonyl (C=O) groups is 1. The van der Waals surface area contributed by atoms with Crippen molar-refractivity contribution in [2.24, 2.45) is 7.05 Å². The highest BCUT2D eigenvalue weighted by Gasteiger charge is 2.09. The average molecular weight is 325 g/mol. The summed E-state index contributed by atoms with van der Waals surface area (Å²) in [6.45, 7) is 2.38. The fourth-order valence-corrected chi connectivity index (χ4v) is 2.20. The predicted molar refractivity (Wildman–Crippen MR) is 89.8 cm³/mol. The maximum Gasteiger partial charge on any atom is 0.258 e. The van der Waals surface area contributed by atoms with Crippen LogP contribution >= 0.6 is 0 Å². The number of aryl methyl sites for hydroxylation is 2. The molecule has 0 unspecified atom stereocenters. The van der Waals surface area contributed by atoms with Crippen LogP contribution in [0.2, 0.25) is 0 Å². The summed E-state index contributed by atoms with van der Waals surface area (Å²) in [5.41, 5.74) is 2.37. The van der Waals surface area contributed by atoms with Gasteiger partial charge in [0.15, 0.2) is 6.73 Å². The SMILES string of the molecule is CCc1ccc(OCn2cc(NC(=O)c3cnn(C)c3)cn2)cc1. The third-order valence-electron chi connectivity index (χ3n) is 3.55. The van der Waals surface area contributed by atoms with Crippen molar-refractivity contribution in [2.75, 3.05) is 5.32 Å². The number of hydrogen-bond acceptors (Lipinski definition) is 4. The van der Waals surface area contributed by atoms with E-state index in [2.05, 4.69) is 22.4 Å². The van der Waals surface area contributed by atoms with E-state index >= 15 is 0 Å². The Morgan fingerprint density at radius 2 is 1.96 bits per heavy atom. The fourth-order valence-electron chi connectivity index (χ4n) is 2.20. The first kappa shape index (κ1) is 15.8. The number of rotatable bonds is 6. The third kappa shape index (κ3) is 3.81. The van der Waals surface area contributed by atoms with Crippen LogP contribution in [0.1, 0.15) is 22.8 Å². The number of amides is 1. The minimum atomic E-state index is -0.223. The molecule has 2 aromatic heterocycles. The lowest BCUT2D eigenvalue weighted by atomic mass is 10.2. The van der Waals surface area contributed by atoms with E-state index < -0.39 is 0 Å². The molecule has 1 amide bonds. The zero-order chi connectivity index (χ0) is 16.9. The van der Waals surface area contributed by atoms with Crippen LogP contribution in [-0.2, 0) is 20.2 Å². The van der Waals surface area contributed by atoms with E-state index in [0.29, 0.717) is 11.3 Å². The number of anilines is 1. The van der Waals surface area contributed by atoms with Gasteiger partial charge in [0, 0.05) is 13.2 Å². The zero-order valence-corrected chi connectivity index (χ0v) is 13.6. The van der Waals surface area contributed by atoms with Gasteiger partial charge in [0.05, 0.1) is 29.8 Å².